The summed E-state index contributed by atoms with van der Waals surface area (Å²) < 4.78 is 0. The smallest absolute Gasteiger partial charge is 0.255 e. The maximum Gasteiger partial charge on any atom is 0.255 e. The van der Waals surface area contributed by atoms with Gasteiger partial charge in [-0.05, 0) is 55.7 Å². The average molecular weight is 502 g/mol. The van der Waals surface area contributed by atoms with Gasteiger partial charge < -0.3 is 25.8 Å². The number of aromatic nitrogens is 2. The van der Waals surface area contributed by atoms with Gasteiger partial charge in [0.05, 0.1) is 12.1 Å². The van der Waals surface area contributed by atoms with E-state index < -0.39 is 0 Å². The summed E-state index contributed by atoms with van der Waals surface area (Å²) in [5.74, 6) is 0.958. The lowest BCUT2D eigenvalue weighted by atomic mass is 9.93. The molecule has 1 fully saturated rings. The minimum absolute atomic E-state index is 0.0000736. The number of fused-ring (bicyclic) bond motifs is 1. The molecule has 194 valence electrons. The van der Waals surface area contributed by atoms with Crippen LogP contribution in [0, 0.1) is 12.8 Å². The molecular weight excluding hydrogens is 466 g/mol. The van der Waals surface area contributed by atoms with E-state index in [0.717, 1.165) is 42.2 Å². The van der Waals surface area contributed by atoms with Gasteiger partial charge in [0.25, 0.3) is 5.91 Å². The lowest BCUT2D eigenvalue weighted by molar-refractivity contribution is -0.119. The van der Waals surface area contributed by atoms with Crippen LogP contribution in [-0.4, -0.2) is 52.9 Å². The Morgan fingerprint density at radius 3 is 2.73 bits per heavy atom. The molecule has 0 saturated heterocycles. The van der Waals surface area contributed by atoms with E-state index in [0.29, 0.717) is 29.8 Å². The van der Waals surface area contributed by atoms with Gasteiger partial charge >= 0.3 is 0 Å². The number of nitrogens with one attached hydrogen (secondary N) is 3. The number of anilines is 4. The van der Waals surface area contributed by atoms with Gasteiger partial charge in [0, 0.05) is 49.3 Å². The van der Waals surface area contributed by atoms with Crippen LogP contribution < -0.4 is 20.9 Å². The van der Waals surface area contributed by atoms with Crippen LogP contribution in [0.1, 0.15) is 54.9 Å². The van der Waals surface area contributed by atoms with E-state index in [4.69, 9.17) is 4.98 Å². The fourth-order valence-corrected chi connectivity index (χ4v) is 5.12. The van der Waals surface area contributed by atoms with Crippen molar-refractivity contribution in [3.63, 3.8) is 0 Å². The third-order valence-electron chi connectivity index (χ3n) is 7.33. The fraction of sp³-hybridized carbons (Fsp3) is 0.429. The predicted octanol–water partition coefficient (Wildman–Crippen LogP) is 4.33. The van der Waals surface area contributed by atoms with Crippen molar-refractivity contribution in [2.45, 2.75) is 52.0 Å². The lowest BCUT2D eigenvalue weighted by Gasteiger charge is -2.35. The van der Waals surface area contributed by atoms with Gasteiger partial charge in [0.15, 0.2) is 5.82 Å². The molecular formula is C28H35N7O2. The minimum Gasteiger partial charge on any atom is -0.377 e. The second kappa shape index (κ2) is 10.6. The first-order valence-corrected chi connectivity index (χ1v) is 13.1. The molecule has 9 nitrogen and oxygen atoms in total. The third-order valence-corrected chi connectivity index (χ3v) is 7.33. The Bertz CT molecular complexity index is 1250. The lowest BCUT2D eigenvalue weighted by Crippen LogP contribution is -2.40. The molecule has 1 saturated carbocycles. The molecule has 1 atom stereocenters. The van der Waals surface area contributed by atoms with Gasteiger partial charge in [-0.25, -0.2) is 4.98 Å². The Morgan fingerprint density at radius 2 is 2.00 bits per heavy atom. The molecule has 2 aromatic rings. The van der Waals surface area contributed by atoms with Crippen LogP contribution in [0.25, 0.3) is 0 Å². The zero-order valence-electron chi connectivity index (χ0n) is 21.8. The number of hydrogen-bond acceptors (Lipinski definition) is 7. The summed E-state index contributed by atoms with van der Waals surface area (Å²) in [6.45, 7) is 5.32. The highest BCUT2D eigenvalue weighted by molar-refractivity contribution is 5.97. The molecule has 3 N–H and O–H groups in total. The highest BCUT2D eigenvalue weighted by Crippen LogP contribution is 2.35. The fourth-order valence-electron chi connectivity index (χ4n) is 5.12. The van der Waals surface area contributed by atoms with Crippen molar-refractivity contribution in [3.05, 3.63) is 59.6 Å². The van der Waals surface area contributed by atoms with Crippen LogP contribution in [0.4, 0.5) is 23.1 Å². The van der Waals surface area contributed by atoms with E-state index in [9.17, 15) is 9.59 Å². The van der Waals surface area contributed by atoms with Crippen molar-refractivity contribution in [3.8, 4) is 0 Å². The van der Waals surface area contributed by atoms with Gasteiger partial charge in [0.1, 0.15) is 5.69 Å². The van der Waals surface area contributed by atoms with E-state index in [1.165, 1.54) is 19.3 Å². The number of allylic oxidation sites excluding steroid dienone is 1. The molecule has 1 aromatic heterocycles. The second-order valence-electron chi connectivity index (χ2n) is 10.3. The molecule has 37 heavy (non-hydrogen) atoms. The normalized spacial score (nSPS) is 20.0. The summed E-state index contributed by atoms with van der Waals surface area (Å²) in [5, 5.41) is 9.29. The maximum atomic E-state index is 12.8. The molecule has 5 rings (SSSR count). The first-order chi connectivity index (χ1) is 17.9. The quantitative estimate of drug-likeness (QED) is 0.560. The van der Waals surface area contributed by atoms with Crippen molar-refractivity contribution >= 4 is 35.0 Å². The molecule has 0 bridgehead atoms. The topological polar surface area (TPSA) is 102 Å². The van der Waals surface area contributed by atoms with E-state index in [-0.39, 0.29) is 17.7 Å². The number of hydrogen-bond donors (Lipinski definition) is 3. The van der Waals surface area contributed by atoms with Crippen LogP contribution in [-0.2, 0) is 4.79 Å². The standard InChI is InChI=1S/C28H35N7O2/c1-18-15-20(27(37)30-21-11-13-34(3)14-12-21)9-10-23(18)32-28-29-16-24-25(33-28)35(17-19(2)26(36)31-24)22-7-5-4-6-8-22/h9-13,15-16,19,22H,4-8,14,17H2,1-3H3,(H,30,37)(H,31,36)(H,29,32,33). The zero-order valence-corrected chi connectivity index (χ0v) is 21.8. The van der Waals surface area contributed by atoms with E-state index >= 15 is 0 Å². The maximum absolute atomic E-state index is 12.8. The van der Waals surface area contributed by atoms with Crippen molar-refractivity contribution in [1.29, 1.82) is 0 Å². The van der Waals surface area contributed by atoms with E-state index in [1.54, 1.807) is 12.3 Å². The molecule has 1 aromatic carbocycles. The number of likely N-dealkylation sites (N-methyl/N-ethyl adjacent to an activating group) is 1. The van der Waals surface area contributed by atoms with Crippen molar-refractivity contribution in [2.75, 3.05) is 35.7 Å². The molecule has 0 spiro atoms. The molecule has 3 heterocycles. The molecule has 1 unspecified atom stereocenters. The summed E-state index contributed by atoms with van der Waals surface area (Å²) in [5.41, 5.74) is 3.77. The van der Waals surface area contributed by atoms with Gasteiger partial charge in [-0.15, -0.1) is 0 Å². The predicted molar refractivity (Wildman–Crippen MR) is 146 cm³/mol. The van der Waals surface area contributed by atoms with E-state index in [2.05, 4.69) is 25.8 Å². The monoisotopic (exact) mass is 501 g/mol. The summed E-state index contributed by atoms with van der Waals surface area (Å²) in [7, 11) is 1.98. The Morgan fingerprint density at radius 1 is 1.19 bits per heavy atom. The van der Waals surface area contributed by atoms with Crippen LogP contribution in [0.2, 0.25) is 0 Å². The first kappa shape index (κ1) is 24.8. The number of aryl methyl sites for hydroxylation is 1. The number of rotatable bonds is 5. The van der Waals surface area contributed by atoms with Crippen LogP contribution in [0.5, 0.6) is 0 Å². The third kappa shape index (κ3) is 5.60. The molecule has 1 aliphatic carbocycles. The van der Waals surface area contributed by atoms with Crippen LogP contribution >= 0.6 is 0 Å². The highest BCUT2D eigenvalue weighted by Gasteiger charge is 2.32. The largest absolute Gasteiger partial charge is 0.377 e. The van der Waals surface area contributed by atoms with Crippen LogP contribution in [0.15, 0.2) is 48.4 Å². The summed E-state index contributed by atoms with van der Waals surface area (Å²) in [6, 6.07) is 5.90. The van der Waals surface area contributed by atoms with Crippen molar-refractivity contribution in [2.24, 2.45) is 5.92 Å². The van der Waals surface area contributed by atoms with Crippen molar-refractivity contribution in [1.82, 2.24) is 20.2 Å². The first-order valence-electron chi connectivity index (χ1n) is 13.1. The summed E-state index contributed by atoms with van der Waals surface area (Å²) >= 11 is 0. The molecule has 2 amide bonds. The van der Waals surface area contributed by atoms with Gasteiger partial charge in [0.2, 0.25) is 11.9 Å². The van der Waals surface area contributed by atoms with Crippen LogP contribution in [0.3, 0.4) is 0 Å². The Hall–Kier alpha value is -3.88. The second-order valence-corrected chi connectivity index (χ2v) is 10.3. The minimum atomic E-state index is -0.149. The van der Waals surface area contributed by atoms with Gasteiger partial charge in [-0.1, -0.05) is 26.2 Å². The van der Waals surface area contributed by atoms with Crippen molar-refractivity contribution < 1.29 is 9.59 Å². The Labute approximate surface area is 218 Å². The number of nitrogens with zero attached hydrogens (tertiary/aromatic N) is 4. The zero-order chi connectivity index (χ0) is 25.9. The molecule has 3 aliphatic rings. The number of carbonyl (C=O) groups excluding carboxylic acids is 2. The SMILES string of the molecule is Cc1cc(C(=O)NC2=CCN(C)C=C2)ccc1Nc1ncc2c(n1)N(C1CCCCC1)CC(C)C(=O)N2. The highest BCUT2D eigenvalue weighted by atomic mass is 16.2. The summed E-state index contributed by atoms with van der Waals surface area (Å²) in [4.78, 5) is 39.1. The molecule has 9 heteroatoms. The number of benzene rings is 1. The average Bonchev–Trinajstić information content (AvgIpc) is 3.02. The number of carbonyl (C=O) groups is 2. The number of amides is 2. The van der Waals surface area contributed by atoms with E-state index in [1.807, 2.05) is 56.3 Å². The Kier molecular flexibility index (Phi) is 7.12. The Balaban J connectivity index is 1.35. The molecule has 0 radical (unpaired) electrons. The van der Waals surface area contributed by atoms with Gasteiger partial charge in [-0.2, -0.15) is 4.98 Å². The molecule has 2 aliphatic heterocycles. The van der Waals surface area contributed by atoms with Gasteiger partial charge in [-0.3, -0.25) is 9.59 Å². The summed E-state index contributed by atoms with van der Waals surface area (Å²) in [6.07, 6.45) is 13.4.